The summed E-state index contributed by atoms with van der Waals surface area (Å²) < 4.78 is 0. The van der Waals surface area contributed by atoms with Gasteiger partial charge in [0, 0.05) is 13.0 Å². The summed E-state index contributed by atoms with van der Waals surface area (Å²) in [7, 11) is 0. The van der Waals surface area contributed by atoms with Gasteiger partial charge in [0.1, 0.15) is 0 Å². The summed E-state index contributed by atoms with van der Waals surface area (Å²) in [5.41, 5.74) is 0.917. The number of amides is 1. The fourth-order valence-corrected chi connectivity index (χ4v) is 1.99. The largest absolute Gasteiger partial charge is 0.465 e. The molecule has 0 aliphatic heterocycles. The highest BCUT2D eigenvalue weighted by atomic mass is 35.5. The number of carbonyl (C=O) groups is 2. The van der Waals surface area contributed by atoms with Gasteiger partial charge in [0.25, 0.3) is 0 Å². The van der Waals surface area contributed by atoms with Gasteiger partial charge in [0.2, 0.25) is 0 Å². The third-order valence-corrected chi connectivity index (χ3v) is 3.00. The lowest BCUT2D eigenvalue weighted by molar-refractivity contribution is -0.121. The second-order valence-electron chi connectivity index (χ2n) is 3.87. The highest BCUT2D eigenvalue weighted by Crippen LogP contribution is 2.11. The first-order chi connectivity index (χ1) is 8.60. The molecule has 1 N–H and O–H groups in total. The summed E-state index contributed by atoms with van der Waals surface area (Å²) in [5, 5.41) is 9.10. The number of Topliss-reactive ketones (excluding diaryl/α,β-unsaturated/α-hetero) is 1. The highest BCUT2D eigenvalue weighted by Gasteiger charge is 2.27. The molecule has 0 spiro atoms. The molecule has 4 nitrogen and oxygen atoms in total. The summed E-state index contributed by atoms with van der Waals surface area (Å²) in [6.07, 6.45) is -0.746. The predicted octanol–water partition coefficient (Wildman–Crippen LogP) is 2.41. The minimum atomic E-state index is -1.10. The lowest BCUT2D eigenvalue weighted by Gasteiger charge is -2.26. The fraction of sp³-hybridized carbons (Fsp3) is 0.385. The average Bonchev–Trinajstić information content (AvgIpc) is 2.38. The monoisotopic (exact) mass is 269 g/mol. The van der Waals surface area contributed by atoms with Gasteiger partial charge < -0.3 is 5.11 Å². The zero-order valence-corrected chi connectivity index (χ0v) is 10.9. The minimum Gasteiger partial charge on any atom is -0.465 e. The average molecular weight is 270 g/mol. The molecule has 1 aromatic carbocycles. The van der Waals surface area contributed by atoms with Crippen LogP contribution in [0.25, 0.3) is 0 Å². The van der Waals surface area contributed by atoms with Crippen LogP contribution >= 0.6 is 11.6 Å². The van der Waals surface area contributed by atoms with E-state index < -0.39 is 12.1 Å². The van der Waals surface area contributed by atoms with Crippen LogP contribution in [0.4, 0.5) is 4.79 Å². The molecule has 0 saturated carbocycles. The van der Waals surface area contributed by atoms with Crippen molar-refractivity contribution in [1.29, 1.82) is 0 Å². The van der Waals surface area contributed by atoms with Crippen LogP contribution in [0.1, 0.15) is 12.5 Å². The van der Waals surface area contributed by atoms with Crippen molar-refractivity contribution >= 4 is 23.5 Å². The van der Waals surface area contributed by atoms with Crippen LogP contribution in [0.5, 0.6) is 0 Å². The van der Waals surface area contributed by atoms with Crippen molar-refractivity contribution in [2.45, 2.75) is 19.4 Å². The van der Waals surface area contributed by atoms with Crippen molar-refractivity contribution < 1.29 is 14.7 Å². The van der Waals surface area contributed by atoms with Crippen LogP contribution in [0, 0.1) is 0 Å². The molecule has 1 atom stereocenters. The van der Waals surface area contributed by atoms with Crippen LogP contribution < -0.4 is 0 Å². The van der Waals surface area contributed by atoms with Crippen molar-refractivity contribution in [2.75, 3.05) is 12.4 Å². The number of rotatable bonds is 6. The topological polar surface area (TPSA) is 57.6 Å². The van der Waals surface area contributed by atoms with Gasteiger partial charge in [0.05, 0.1) is 11.9 Å². The first kappa shape index (κ1) is 14.5. The Labute approximate surface area is 111 Å². The van der Waals surface area contributed by atoms with Gasteiger partial charge in [-0.25, -0.2) is 4.79 Å². The Morgan fingerprint density at radius 2 is 1.94 bits per heavy atom. The Kier molecular flexibility index (Phi) is 5.65. The van der Waals surface area contributed by atoms with E-state index in [4.69, 9.17) is 16.7 Å². The van der Waals surface area contributed by atoms with Crippen LogP contribution in [-0.2, 0) is 11.2 Å². The molecule has 0 saturated heterocycles. The molecule has 1 aromatic rings. The summed E-state index contributed by atoms with van der Waals surface area (Å²) in [6.45, 7) is 1.96. The maximum atomic E-state index is 11.8. The predicted molar refractivity (Wildman–Crippen MR) is 70.1 cm³/mol. The Morgan fingerprint density at radius 3 is 2.39 bits per heavy atom. The number of hydrogen-bond acceptors (Lipinski definition) is 2. The van der Waals surface area contributed by atoms with Gasteiger partial charge in [-0.15, -0.1) is 11.6 Å². The fourth-order valence-electron chi connectivity index (χ4n) is 1.81. The standard InChI is InChI=1S/C13H16ClNO3/c1-2-15(13(17)18)11(12(16)9-14)8-10-6-4-3-5-7-10/h3-7,11H,2,8-9H2,1H3,(H,17,18)/t11-/m1/s1. The first-order valence-corrected chi connectivity index (χ1v) is 6.25. The molecule has 0 fully saturated rings. The number of benzene rings is 1. The van der Waals surface area contributed by atoms with E-state index in [1.807, 2.05) is 30.3 Å². The molecule has 0 aromatic heterocycles. The van der Waals surface area contributed by atoms with E-state index >= 15 is 0 Å². The Hall–Kier alpha value is -1.55. The molecule has 0 heterocycles. The lowest BCUT2D eigenvalue weighted by atomic mass is 10.0. The van der Waals surface area contributed by atoms with Crippen LogP contribution in [0.3, 0.4) is 0 Å². The number of likely N-dealkylation sites (N-methyl/N-ethyl adjacent to an activating group) is 1. The molecule has 5 heteroatoms. The number of carboxylic acid groups (broad SMARTS) is 1. The van der Waals surface area contributed by atoms with E-state index in [2.05, 4.69) is 0 Å². The maximum absolute atomic E-state index is 11.8. The summed E-state index contributed by atoms with van der Waals surface area (Å²) >= 11 is 5.55. The highest BCUT2D eigenvalue weighted by molar-refractivity contribution is 6.28. The number of ketones is 1. The number of carbonyl (C=O) groups excluding carboxylic acids is 1. The van der Waals surface area contributed by atoms with Crippen LogP contribution in [-0.4, -0.2) is 40.3 Å². The van der Waals surface area contributed by atoms with Gasteiger partial charge in [-0.1, -0.05) is 30.3 Å². The van der Waals surface area contributed by atoms with Crippen LogP contribution in [0.2, 0.25) is 0 Å². The van der Waals surface area contributed by atoms with E-state index in [0.29, 0.717) is 6.42 Å². The number of halogens is 1. The Balaban J connectivity index is 2.91. The second-order valence-corrected chi connectivity index (χ2v) is 4.14. The molecule has 0 aliphatic carbocycles. The summed E-state index contributed by atoms with van der Waals surface area (Å²) in [5.74, 6) is -0.453. The number of alkyl halides is 1. The van der Waals surface area contributed by atoms with E-state index in [0.717, 1.165) is 10.5 Å². The van der Waals surface area contributed by atoms with E-state index in [1.165, 1.54) is 0 Å². The van der Waals surface area contributed by atoms with Crippen LogP contribution in [0.15, 0.2) is 30.3 Å². The zero-order valence-electron chi connectivity index (χ0n) is 10.2. The molecular formula is C13H16ClNO3. The molecule has 1 amide bonds. The lowest BCUT2D eigenvalue weighted by Crippen LogP contribution is -2.46. The molecule has 1 rings (SSSR count). The smallest absolute Gasteiger partial charge is 0.407 e. The Bertz CT molecular complexity index is 408. The van der Waals surface area contributed by atoms with Crippen molar-refractivity contribution in [3.8, 4) is 0 Å². The maximum Gasteiger partial charge on any atom is 0.407 e. The van der Waals surface area contributed by atoms with Gasteiger partial charge >= 0.3 is 6.09 Å². The first-order valence-electron chi connectivity index (χ1n) is 5.72. The van der Waals surface area contributed by atoms with E-state index in [9.17, 15) is 9.59 Å². The zero-order chi connectivity index (χ0) is 13.5. The Morgan fingerprint density at radius 1 is 1.33 bits per heavy atom. The molecule has 0 bridgehead atoms. The molecule has 18 heavy (non-hydrogen) atoms. The molecule has 0 aliphatic rings. The number of nitrogens with zero attached hydrogens (tertiary/aromatic N) is 1. The quantitative estimate of drug-likeness (QED) is 0.807. The molecule has 0 radical (unpaired) electrons. The van der Waals surface area contributed by atoms with Crippen molar-refractivity contribution in [2.24, 2.45) is 0 Å². The van der Waals surface area contributed by atoms with E-state index in [1.54, 1.807) is 6.92 Å². The minimum absolute atomic E-state index is 0.179. The SMILES string of the molecule is CCN(C(=O)O)[C@H](Cc1ccccc1)C(=O)CCl. The summed E-state index contributed by atoms with van der Waals surface area (Å²) in [4.78, 5) is 24.0. The van der Waals surface area contributed by atoms with Gasteiger partial charge in [-0.3, -0.25) is 9.69 Å². The molecular weight excluding hydrogens is 254 g/mol. The molecule has 0 unspecified atom stereocenters. The molecule has 98 valence electrons. The van der Waals surface area contributed by atoms with Crippen molar-refractivity contribution in [3.63, 3.8) is 0 Å². The van der Waals surface area contributed by atoms with Crippen molar-refractivity contribution in [3.05, 3.63) is 35.9 Å². The summed E-state index contributed by atoms with van der Waals surface area (Å²) in [6, 6.07) is 8.60. The normalized spacial score (nSPS) is 11.9. The van der Waals surface area contributed by atoms with Crippen molar-refractivity contribution in [1.82, 2.24) is 4.90 Å². The third kappa shape index (κ3) is 3.74. The number of hydrogen-bond donors (Lipinski definition) is 1. The van der Waals surface area contributed by atoms with Gasteiger partial charge in [-0.05, 0) is 12.5 Å². The second kappa shape index (κ2) is 7.01. The van der Waals surface area contributed by atoms with Gasteiger partial charge in [-0.2, -0.15) is 0 Å². The van der Waals surface area contributed by atoms with E-state index in [-0.39, 0.29) is 18.2 Å². The van der Waals surface area contributed by atoms with Gasteiger partial charge in [0.15, 0.2) is 5.78 Å². The third-order valence-electron chi connectivity index (χ3n) is 2.74.